The quantitative estimate of drug-likeness (QED) is 0.618. The Hall–Kier alpha value is -1.10. The van der Waals surface area contributed by atoms with Crippen LogP contribution in [0.4, 0.5) is 0 Å². The van der Waals surface area contributed by atoms with Crippen molar-refractivity contribution in [3.05, 3.63) is 0 Å². The molecule has 0 spiro atoms. The largest absolute Gasteiger partial charge is 0.462 e. The van der Waals surface area contributed by atoms with Gasteiger partial charge in [0, 0.05) is 19.0 Å². The number of carbonyl (C=O) groups excluding carboxylic acids is 2. The van der Waals surface area contributed by atoms with Crippen LogP contribution in [0, 0.1) is 23.7 Å². The highest BCUT2D eigenvalue weighted by Crippen LogP contribution is 2.58. The van der Waals surface area contributed by atoms with Gasteiger partial charge in [-0.1, -0.05) is 0 Å². The Morgan fingerprint density at radius 2 is 2.00 bits per heavy atom. The number of nitrogens with zero attached hydrogens (tertiary/aromatic N) is 1. The Morgan fingerprint density at radius 3 is 2.78 bits per heavy atom. The molecule has 0 N–H and O–H groups in total. The van der Waals surface area contributed by atoms with E-state index in [1.165, 1.54) is 0 Å². The maximum atomic E-state index is 12.6. The van der Waals surface area contributed by atoms with Crippen molar-refractivity contribution < 1.29 is 19.1 Å². The van der Waals surface area contributed by atoms with Crippen molar-refractivity contribution in [1.29, 1.82) is 0 Å². The molecule has 2 bridgehead atoms. The zero-order chi connectivity index (χ0) is 12.3. The molecule has 5 heteroatoms. The zero-order valence-corrected chi connectivity index (χ0v) is 10.2. The molecule has 98 valence electrons. The molecule has 5 atom stereocenters. The zero-order valence-electron chi connectivity index (χ0n) is 10.2. The highest BCUT2D eigenvalue weighted by molar-refractivity contribution is 5.88. The average Bonchev–Trinajstić information content (AvgIpc) is 3.00. The summed E-state index contributed by atoms with van der Waals surface area (Å²) in [5.74, 6) is 0.456. The van der Waals surface area contributed by atoms with Crippen molar-refractivity contribution in [3.8, 4) is 0 Å². The van der Waals surface area contributed by atoms with Gasteiger partial charge < -0.3 is 14.4 Å². The lowest BCUT2D eigenvalue weighted by Gasteiger charge is -2.33. The molecule has 2 heterocycles. The van der Waals surface area contributed by atoms with Gasteiger partial charge in [-0.2, -0.15) is 0 Å². The molecule has 2 saturated heterocycles. The fraction of sp³-hybridized carbons (Fsp3) is 0.846. The van der Waals surface area contributed by atoms with Crippen LogP contribution < -0.4 is 0 Å². The maximum Gasteiger partial charge on any atom is 0.310 e. The predicted octanol–water partition coefficient (Wildman–Crippen LogP) is 0.0428. The summed E-state index contributed by atoms with van der Waals surface area (Å²) in [5.41, 5.74) is 0. The van der Waals surface area contributed by atoms with Gasteiger partial charge in [-0.15, -0.1) is 0 Å². The number of carbonyl (C=O) groups is 2. The standard InChI is InChI=1S/C13H17NO4/c15-12(14-1-3-17-4-2-14)10-7-5-8-9(6-7)18-13(16)11(8)10/h7-11H,1-6H2/t7-,8+,9-,10+,11-/m1/s1. The van der Waals surface area contributed by atoms with Gasteiger partial charge in [0.2, 0.25) is 5.91 Å². The van der Waals surface area contributed by atoms with E-state index in [1.54, 1.807) is 0 Å². The SMILES string of the molecule is O=C1O[C@@H]2C[C@H]3C[C@@H]2[C@@H]1[C@H]3C(=O)N1CCOCC1. The lowest BCUT2D eigenvalue weighted by molar-refractivity contribution is -0.149. The first-order chi connectivity index (χ1) is 8.75. The number of hydrogen-bond donors (Lipinski definition) is 0. The molecule has 0 aromatic carbocycles. The van der Waals surface area contributed by atoms with Crippen molar-refractivity contribution in [1.82, 2.24) is 4.90 Å². The van der Waals surface area contributed by atoms with Crippen LogP contribution in [0.3, 0.4) is 0 Å². The second kappa shape index (κ2) is 3.70. The Morgan fingerprint density at radius 1 is 1.22 bits per heavy atom. The number of amides is 1. The summed E-state index contributed by atoms with van der Waals surface area (Å²) in [6.45, 7) is 2.56. The van der Waals surface area contributed by atoms with Crippen molar-refractivity contribution in [2.75, 3.05) is 26.3 Å². The van der Waals surface area contributed by atoms with Gasteiger partial charge in [0.25, 0.3) is 0 Å². The molecule has 0 aromatic heterocycles. The number of ether oxygens (including phenoxy) is 2. The first-order valence-corrected chi connectivity index (χ1v) is 6.83. The minimum absolute atomic E-state index is 0.112. The van der Waals surface area contributed by atoms with Gasteiger partial charge in [0.15, 0.2) is 0 Å². The minimum Gasteiger partial charge on any atom is -0.462 e. The number of rotatable bonds is 1. The summed E-state index contributed by atoms with van der Waals surface area (Å²) in [6.07, 6.45) is 2.01. The van der Waals surface area contributed by atoms with Gasteiger partial charge in [-0.05, 0) is 18.8 Å². The van der Waals surface area contributed by atoms with E-state index < -0.39 is 0 Å². The van der Waals surface area contributed by atoms with Gasteiger partial charge in [0.1, 0.15) is 6.10 Å². The summed E-state index contributed by atoms with van der Waals surface area (Å²) >= 11 is 0. The second-order valence-electron chi connectivity index (χ2n) is 5.86. The van der Waals surface area contributed by atoms with Gasteiger partial charge in [-0.3, -0.25) is 9.59 Å². The molecular formula is C13H17NO4. The van der Waals surface area contributed by atoms with Gasteiger partial charge in [-0.25, -0.2) is 0 Å². The molecule has 0 unspecified atom stereocenters. The maximum absolute atomic E-state index is 12.6. The lowest BCUT2D eigenvalue weighted by atomic mass is 9.79. The fourth-order valence-corrected chi connectivity index (χ4v) is 4.34. The number of morpholine rings is 1. The highest BCUT2D eigenvalue weighted by atomic mass is 16.6. The fourth-order valence-electron chi connectivity index (χ4n) is 4.34. The molecule has 4 rings (SSSR count). The van der Waals surface area contributed by atoms with E-state index >= 15 is 0 Å². The predicted molar refractivity (Wildman–Crippen MR) is 60.5 cm³/mol. The van der Waals surface area contributed by atoms with Crippen LogP contribution >= 0.6 is 0 Å². The Balaban J connectivity index is 1.57. The van der Waals surface area contributed by atoms with Crippen LogP contribution in [0.15, 0.2) is 0 Å². The van der Waals surface area contributed by atoms with Gasteiger partial charge in [0.05, 0.1) is 25.0 Å². The van der Waals surface area contributed by atoms with E-state index in [0.717, 1.165) is 12.8 Å². The first kappa shape index (κ1) is 10.8. The summed E-state index contributed by atoms with van der Waals surface area (Å²) in [7, 11) is 0. The van der Waals surface area contributed by atoms with Crippen LogP contribution in [0.1, 0.15) is 12.8 Å². The number of fused-ring (bicyclic) bond motifs is 1. The summed E-state index contributed by atoms with van der Waals surface area (Å²) < 4.78 is 10.6. The lowest BCUT2D eigenvalue weighted by Crippen LogP contribution is -2.47. The van der Waals surface area contributed by atoms with Crippen molar-refractivity contribution in [2.45, 2.75) is 18.9 Å². The average molecular weight is 251 g/mol. The molecule has 18 heavy (non-hydrogen) atoms. The van der Waals surface area contributed by atoms with E-state index in [0.29, 0.717) is 38.1 Å². The molecule has 4 fully saturated rings. The molecule has 2 aliphatic heterocycles. The molecule has 5 nitrogen and oxygen atoms in total. The molecule has 0 radical (unpaired) electrons. The van der Waals surface area contributed by atoms with E-state index in [1.807, 2.05) is 4.90 Å². The first-order valence-electron chi connectivity index (χ1n) is 6.83. The topological polar surface area (TPSA) is 55.8 Å². The Kier molecular flexibility index (Phi) is 2.22. The second-order valence-corrected chi connectivity index (χ2v) is 5.86. The Labute approximate surface area is 105 Å². The van der Waals surface area contributed by atoms with E-state index in [9.17, 15) is 9.59 Å². The normalized spacial score (nSPS) is 45.4. The van der Waals surface area contributed by atoms with E-state index in [2.05, 4.69) is 0 Å². The van der Waals surface area contributed by atoms with Crippen LogP contribution in [-0.4, -0.2) is 49.2 Å². The van der Waals surface area contributed by atoms with Crippen molar-refractivity contribution in [3.63, 3.8) is 0 Å². The van der Waals surface area contributed by atoms with Crippen molar-refractivity contribution in [2.24, 2.45) is 23.7 Å². The third-order valence-electron chi connectivity index (χ3n) is 5.09. The van der Waals surface area contributed by atoms with Crippen LogP contribution in [0.25, 0.3) is 0 Å². The molecule has 2 aliphatic carbocycles. The molecule has 0 aromatic rings. The molecule has 2 saturated carbocycles. The van der Waals surface area contributed by atoms with Crippen LogP contribution in [0.5, 0.6) is 0 Å². The summed E-state index contributed by atoms with van der Waals surface area (Å²) in [6, 6.07) is 0. The third kappa shape index (κ3) is 1.31. The highest BCUT2D eigenvalue weighted by Gasteiger charge is 2.64. The molecular weight excluding hydrogens is 234 g/mol. The number of esters is 1. The number of hydrogen-bond acceptors (Lipinski definition) is 4. The van der Waals surface area contributed by atoms with Gasteiger partial charge >= 0.3 is 5.97 Å². The van der Waals surface area contributed by atoms with Crippen LogP contribution in [0.2, 0.25) is 0 Å². The monoisotopic (exact) mass is 251 g/mol. The third-order valence-corrected chi connectivity index (χ3v) is 5.09. The molecule has 4 aliphatic rings. The summed E-state index contributed by atoms with van der Waals surface area (Å²) in [4.78, 5) is 26.3. The molecule has 1 amide bonds. The Bertz CT molecular complexity index is 402. The summed E-state index contributed by atoms with van der Waals surface area (Å²) in [5, 5.41) is 0. The van der Waals surface area contributed by atoms with Crippen LogP contribution in [-0.2, 0) is 19.1 Å². The van der Waals surface area contributed by atoms with Crippen molar-refractivity contribution >= 4 is 11.9 Å². The van der Waals surface area contributed by atoms with E-state index in [4.69, 9.17) is 9.47 Å². The van der Waals surface area contributed by atoms with E-state index in [-0.39, 0.29) is 29.8 Å². The smallest absolute Gasteiger partial charge is 0.310 e. The minimum atomic E-state index is -0.149.